The van der Waals surface area contributed by atoms with Crippen molar-refractivity contribution in [3.8, 4) is 10.4 Å². The lowest BCUT2D eigenvalue weighted by Crippen LogP contribution is -2.06. The number of hydrogen-bond donors (Lipinski definition) is 1. The molecular weight excluding hydrogens is 336 g/mol. The number of nitrogens with zero attached hydrogens (tertiary/aromatic N) is 1. The van der Waals surface area contributed by atoms with Gasteiger partial charge in [-0.3, -0.25) is 0 Å². The van der Waals surface area contributed by atoms with Gasteiger partial charge in [-0.1, -0.05) is 38.9 Å². The van der Waals surface area contributed by atoms with Crippen molar-refractivity contribution in [3.05, 3.63) is 33.9 Å². The van der Waals surface area contributed by atoms with E-state index >= 15 is 0 Å². The minimum absolute atomic E-state index is 0.662. The van der Waals surface area contributed by atoms with E-state index in [9.17, 15) is 0 Å². The Morgan fingerprint density at radius 1 is 1.50 bits per heavy atom. The zero-order chi connectivity index (χ0) is 13.0. The fourth-order valence-electron chi connectivity index (χ4n) is 1.43. The van der Waals surface area contributed by atoms with Gasteiger partial charge in [-0.25, -0.2) is 4.98 Å². The van der Waals surface area contributed by atoms with Crippen LogP contribution in [0.4, 0.5) is 5.13 Å². The van der Waals surface area contributed by atoms with Crippen molar-refractivity contribution in [2.45, 2.75) is 0 Å². The second-order valence-corrected chi connectivity index (χ2v) is 5.89. The molecule has 0 saturated carbocycles. The zero-order valence-corrected chi connectivity index (χ0v) is 12.9. The van der Waals surface area contributed by atoms with Gasteiger partial charge in [0.2, 0.25) is 0 Å². The smallest absolute Gasteiger partial charge is 0.183 e. The van der Waals surface area contributed by atoms with Crippen molar-refractivity contribution in [1.82, 2.24) is 4.98 Å². The molecule has 0 aliphatic carbocycles. The number of anilines is 1. The molecule has 1 aromatic heterocycles. The van der Waals surface area contributed by atoms with Crippen LogP contribution in [0.2, 0.25) is 5.02 Å². The van der Waals surface area contributed by atoms with E-state index in [4.69, 9.17) is 16.3 Å². The van der Waals surface area contributed by atoms with E-state index < -0.39 is 0 Å². The normalized spacial score (nSPS) is 10.6. The molecule has 0 saturated heterocycles. The van der Waals surface area contributed by atoms with E-state index in [1.165, 1.54) is 0 Å². The van der Waals surface area contributed by atoms with Crippen LogP contribution in [0.25, 0.3) is 10.4 Å². The Morgan fingerprint density at radius 3 is 3.11 bits per heavy atom. The highest BCUT2D eigenvalue weighted by Gasteiger charge is 2.08. The Hall–Kier alpha value is -0.620. The molecular formula is C12H12BrClN2OS. The molecule has 1 N–H and O–H groups in total. The molecule has 0 amide bonds. The largest absolute Gasteiger partial charge is 0.383 e. The quantitative estimate of drug-likeness (QED) is 0.820. The number of nitrogens with one attached hydrogen (secondary N) is 1. The minimum Gasteiger partial charge on any atom is -0.383 e. The number of ether oxygens (including phenoxy) is 1. The molecule has 1 aromatic carbocycles. The van der Waals surface area contributed by atoms with E-state index in [1.807, 2.05) is 24.4 Å². The summed E-state index contributed by atoms with van der Waals surface area (Å²) in [5.74, 6) is 0. The second kappa shape index (κ2) is 6.52. The third kappa shape index (κ3) is 3.45. The van der Waals surface area contributed by atoms with Crippen LogP contribution >= 0.6 is 38.9 Å². The molecule has 0 radical (unpaired) electrons. The van der Waals surface area contributed by atoms with Crippen molar-refractivity contribution in [2.75, 3.05) is 25.6 Å². The molecule has 2 rings (SSSR count). The molecule has 2 aromatic rings. The van der Waals surface area contributed by atoms with Crippen LogP contribution in [0, 0.1) is 0 Å². The minimum atomic E-state index is 0.662. The average Bonchev–Trinajstić information content (AvgIpc) is 2.81. The van der Waals surface area contributed by atoms with Gasteiger partial charge in [0.05, 0.1) is 11.5 Å². The number of aromatic nitrogens is 1. The van der Waals surface area contributed by atoms with Gasteiger partial charge in [0.15, 0.2) is 5.13 Å². The number of rotatable bonds is 5. The first-order valence-electron chi connectivity index (χ1n) is 5.35. The first-order chi connectivity index (χ1) is 8.70. The van der Waals surface area contributed by atoms with Crippen LogP contribution in [0.15, 0.2) is 28.9 Å². The average molecular weight is 348 g/mol. The zero-order valence-electron chi connectivity index (χ0n) is 9.74. The topological polar surface area (TPSA) is 34.1 Å². The summed E-state index contributed by atoms with van der Waals surface area (Å²) in [6.45, 7) is 1.41. The van der Waals surface area contributed by atoms with E-state index in [1.54, 1.807) is 18.4 Å². The molecule has 0 fully saturated rings. The van der Waals surface area contributed by atoms with Gasteiger partial charge < -0.3 is 10.1 Å². The summed E-state index contributed by atoms with van der Waals surface area (Å²) in [5.41, 5.74) is 1.06. The summed E-state index contributed by atoms with van der Waals surface area (Å²) in [7, 11) is 1.68. The first-order valence-corrected chi connectivity index (χ1v) is 7.33. The number of halogens is 2. The Bertz CT molecular complexity index is 533. The molecule has 0 bridgehead atoms. The Balaban J connectivity index is 2.16. The highest BCUT2D eigenvalue weighted by Crippen LogP contribution is 2.35. The summed E-state index contributed by atoms with van der Waals surface area (Å²) in [4.78, 5) is 5.40. The summed E-state index contributed by atoms with van der Waals surface area (Å²) < 4.78 is 5.99. The number of hydrogen-bond acceptors (Lipinski definition) is 4. The van der Waals surface area contributed by atoms with E-state index in [0.29, 0.717) is 6.61 Å². The highest BCUT2D eigenvalue weighted by atomic mass is 79.9. The van der Waals surface area contributed by atoms with Gasteiger partial charge in [0.25, 0.3) is 0 Å². The molecule has 6 heteroatoms. The Morgan fingerprint density at radius 2 is 2.33 bits per heavy atom. The molecule has 96 valence electrons. The van der Waals surface area contributed by atoms with E-state index in [0.717, 1.165) is 31.6 Å². The van der Waals surface area contributed by atoms with Crippen LogP contribution in [-0.2, 0) is 4.74 Å². The van der Waals surface area contributed by atoms with E-state index in [2.05, 4.69) is 26.2 Å². The van der Waals surface area contributed by atoms with Crippen molar-refractivity contribution >= 4 is 44.0 Å². The van der Waals surface area contributed by atoms with Gasteiger partial charge in [-0.15, -0.1) is 0 Å². The number of methoxy groups -OCH3 is 1. The molecule has 0 unspecified atom stereocenters. The summed E-state index contributed by atoms with van der Waals surface area (Å²) in [6.07, 6.45) is 1.84. The van der Waals surface area contributed by atoms with Crippen molar-refractivity contribution in [2.24, 2.45) is 0 Å². The van der Waals surface area contributed by atoms with Crippen LogP contribution in [-0.4, -0.2) is 25.2 Å². The summed E-state index contributed by atoms with van der Waals surface area (Å²) >= 11 is 11.1. The summed E-state index contributed by atoms with van der Waals surface area (Å²) in [5, 5.41) is 4.81. The molecule has 0 spiro atoms. The van der Waals surface area contributed by atoms with Gasteiger partial charge >= 0.3 is 0 Å². The van der Waals surface area contributed by atoms with Gasteiger partial charge in [-0.05, 0) is 18.2 Å². The van der Waals surface area contributed by atoms with Crippen molar-refractivity contribution < 1.29 is 4.74 Å². The fraction of sp³-hybridized carbons (Fsp3) is 0.250. The maximum Gasteiger partial charge on any atom is 0.183 e. The predicted molar refractivity (Wildman–Crippen MR) is 80.6 cm³/mol. The first kappa shape index (κ1) is 13.8. The number of benzene rings is 1. The van der Waals surface area contributed by atoms with Crippen molar-refractivity contribution in [3.63, 3.8) is 0 Å². The van der Waals surface area contributed by atoms with Crippen LogP contribution < -0.4 is 5.32 Å². The number of thiazole rings is 1. The molecule has 0 aliphatic rings. The summed E-state index contributed by atoms with van der Waals surface area (Å²) in [6, 6.07) is 5.72. The molecule has 3 nitrogen and oxygen atoms in total. The lowest BCUT2D eigenvalue weighted by molar-refractivity contribution is 0.211. The van der Waals surface area contributed by atoms with Gasteiger partial charge in [-0.2, -0.15) is 0 Å². The van der Waals surface area contributed by atoms with Gasteiger partial charge in [0, 0.05) is 34.9 Å². The standard InChI is InChI=1S/C12H12BrClN2OS/c1-17-5-4-15-12-16-7-11(18-12)9-6-8(14)2-3-10(9)13/h2-3,6-7H,4-5H2,1H3,(H,15,16). The highest BCUT2D eigenvalue weighted by molar-refractivity contribution is 9.10. The Kier molecular flexibility index (Phi) is 5.00. The third-order valence-corrected chi connectivity index (χ3v) is 4.20. The maximum absolute atomic E-state index is 6.01. The Labute approximate surface area is 123 Å². The fourth-order valence-corrected chi connectivity index (χ4v) is 3.06. The lowest BCUT2D eigenvalue weighted by atomic mass is 10.2. The molecule has 18 heavy (non-hydrogen) atoms. The van der Waals surface area contributed by atoms with Gasteiger partial charge in [0.1, 0.15) is 0 Å². The third-order valence-electron chi connectivity index (χ3n) is 2.28. The van der Waals surface area contributed by atoms with Crippen molar-refractivity contribution in [1.29, 1.82) is 0 Å². The second-order valence-electron chi connectivity index (χ2n) is 3.57. The maximum atomic E-state index is 6.01. The van der Waals surface area contributed by atoms with Crippen LogP contribution in [0.3, 0.4) is 0 Å². The van der Waals surface area contributed by atoms with Crippen LogP contribution in [0.5, 0.6) is 0 Å². The predicted octanol–water partition coefficient (Wildman–Crippen LogP) is 4.28. The SMILES string of the molecule is COCCNc1ncc(-c2cc(Cl)ccc2Br)s1. The monoisotopic (exact) mass is 346 g/mol. The van der Waals surface area contributed by atoms with Crippen LogP contribution in [0.1, 0.15) is 0 Å². The molecule has 1 heterocycles. The lowest BCUT2D eigenvalue weighted by Gasteiger charge is -2.02. The molecule has 0 atom stereocenters. The van der Waals surface area contributed by atoms with E-state index in [-0.39, 0.29) is 0 Å². The molecule has 0 aliphatic heterocycles.